The molecule has 0 aromatic carbocycles. The summed E-state index contributed by atoms with van der Waals surface area (Å²) in [5, 5.41) is 18.1. The predicted octanol–water partition coefficient (Wildman–Crippen LogP) is 1.06. The van der Waals surface area contributed by atoms with Crippen LogP contribution in [-0.2, 0) is 0 Å². The van der Waals surface area contributed by atoms with Crippen molar-refractivity contribution in [1.29, 1.82) is 0 Å². The fourth-order valence-electron chi connectivity index (χ4n) is 2.94. The third kappa shape index (κ3) is 2.18. The number of β-amino-alcohol motifs (C(OH)–C–C–N with tert-alkyl or cyclic N) is 1. The number of nitrogens with zero attached hydrogens (tertiary/aromatic N) is 4. The molecule has 108 valence electrons. The quantitative estimate of drug-likeness (QED) is 0.758. The van der Waals surface area contributed by atoms with Gasteiger partial charge < -0.3 is 15.7 Å². The van der Waals surface area contributed by atoms with Gasteiger partial charge in [0, 0.05) is 12.6 Å². The van der Waals surface area contributed by atoms with Crippen LogP contribution in [0.4, 0.5) is 11.8 Å². The van der Waals surface area contributed by atoms with Crippen LogP contribution < -0.4 is 10.6 Å². The zero-order chi connectivity index (χ0) is 14.3. The standard InChI is InChI=1S/C13H20N6O/c1-3-8-4-5-13(2,20)7-19(8)11-9-6-15-18-10(9)16-12(14)17-11/h6,8,20H,3-5,7H2,1-2H3,(H3,14,15,16,17,18). The normalized spacial score (nSPS) is 27.1. The summed E-state index contributed by atoms with van der Waals surface area (Å²) in [7, 11) is 0. The van der Waals surface area contributed by atoms with E-state index in [1.54, 1.807) is 6.20 Å². The van der Waals surface area contributed by atoms with E-state index < -0.39 is 5.60 Å². The van der Waals surface area contributed by atoms with Gasteiger partial charge in [-0.25, -0.2) is 0 Å². The summed E-state index contributed by atoms with van der Waals surface area (Å²) in [4.78, 5) is 10.7. The lowest BCUT2D eigenvalue weighted by molar-refractivity contribution is 0.0359. The lowest BCUT2D eigenvalue weighted by Crippen LogP contribution is -2.51. The summed E-state index contributed by atoms with van der Waals surface area (Å²) in [5.74, 6) is 0.977. The summed E-state index contributed by atoms with van der Waals surface area (Å²) in [6.07, 6.45) is 4.45. The monoisotopic (exact) mass is 276 g/mol. The molecule has 0 bridgehead atoms. The van der Waals surface area contributed by atoms with Gasteiger partial charge in [0.15, 0.2) is 5.65 Å². The van der Waals surface area contributed by atoms with Crippen LogP contribution in [0.3, 0.4) is 0 Å². The highest BCUT2D eigenvalue weighted by atomic mass is 16.3. The molecular weight excluding hydrogens is 256 g/mol. The van der Waals surface area contributed by atoms with Gasteiger partial charge in [-0.15, -0.1) is 0 Å². The molecule has 0 radical (unpaired) electrons. The van der Waals surface area contributed by atoms with Crippen molar-refractivity contribution >= 4 is 22.8 Å². The first-order chi connectivity index (χ1) is 9.50. The maximum atomic E-state index is 10.4. The van der Waals surface area contributed by atoms with E-state index in [1.807, 2.05) is 6.92 Å². The lowest BCUT2D eigenvalue weighted by Gasteiger charge is -2.43. The number of aliphatic hydroxyl groups is 1. The van der Waals surface area contributed by atoms with Crippen molar-refractivity contribution < 1.29 is 5.11 Å². The minimum atomic E-state index is -0.707. The Hall–Kier alpha value is -1.89. The number of nitrogens with one attached hydrogen (secondary N) is 1. The van der Waals surface area contributed by atoms with E-state index in [4.69, 9.17) is 5.73 Å². The number of nitrogen functional groups attached to an aromatic ring is 1. The van der Waals surface area contributed by atoms with Gasteiger partial charge >= 0.3 is 0 Å². The van der Waals surface area contributed by atoms with Gasteiger partial charge in [0.1, 0.15) is 5.82 Å². The van der Waals surface area contributed by atoms with E-state index in [0.29, 0.717) is 18.2 Å². The number of nitrogens with two attached hydrogens (primary N) is 1. The number of hydrogen-bond acceptors (Lipinski definition) is 6. The van der Waals surface area contributed by atoms with Crippen molar-refractivity contribution in [2.45, 2.75) is 44.8 Å². The number of H-pyrrole nitrogens is 1. The van der Waals surface area contributed by atoms with Crippen LogP contribution in [0.2, 0.25) is 0 Å². The van der Waals surface area contributed by atoms with Crippen molar-refractivity contribution in [1.82, 2.24) is 20.2 Å². The molecule has 0 aliphatic carbocycles. The van der Waals surface area contributed by atoms with Gasteiger partial charge in [-0.1, -0.05) is 6.92 Å². The molecule has 2 atom stereocenters. The van der Waals surface area contributed by atoms with Crippen molar-refractivity contribution in [3.05, 3.63) is 6.20 Å². The van der Waals surface area contributed by atoms with Crippen molar-refractivity contribution in [3.8, 4) is 0 Å². The Kier molecular flexibility index (Phi) is 3.01. The minimum Gasteiger partial charge on any atom is -0.388 e. The second kappa shape index (κ2) is 4.59. The van der Waals surface area contributed by atoms with Crippen LogP contribution in [0.5, 0.6) is 0 Å². The SMILES string of the molecule is CCC1CCC(C)(O)CN1c1nc(N)nc2[nH]ncc12. The Morgan fingerprint density at radius 1 is 1.55 bits per heavy atom. The van der Waals surface area contributed by atoms with E-state index in [-0.39, 0.29) is 5.95 Å². The second-order valence-electron chi connectivity index (χ2n) is 5.76. The van der Waals surface area contributed by atoms with Crippen LogP contribution >= 0.6 is 0 Å². The van der Waals surface area contributed by atoms with Crippen molar-refractivity contribution in [2.24, 2.45) is 0 Å². The van der Waals surface area contributed by atoms with Gasteiger partial charge in [0.25, 0.3) is 0 Å². The molecule has 7 heteroatoms. The number of piperidine rings is 1. The van der Waals surface area contributed by atoms with E-state index in [1.165, 1.54) is 0 Å². The molecule has 2 aromatic rings. The van der Waals surface area contributed by atoms with Crippen LogP contribution in [0, 0.1) is 0 Å². The fourth-order valence-corrected chi connectivity index (χ4v) is 2.94. The molecule has 0 spiro atoms. The lowest BCUT2D eigenvalue weighted by atomic mass is 9.89. The molecule has 2 aromatic heterocycles. The van der Waals surface area contributed by atoms with E-state index >= 15 is 0 Å². The predicted molar refractivity (Wildman–Crippen MR) is 77.4 cm³/mol. The molecule has 3 rings (SSSR count). The van der Waals surface area contributed by atoms with Crippen LogP contribution in [0.15, 0.2) is 6.20 Å². The summed E-state index contributed by atoms with van der Waals surface area (Å²) in [6, 6.07) is 0.350. The topological polar surface area (TPSA) is 104 Å². The van der Waals surface area contributed by atoms with Gasteiger partial charge in [-0.2, -0.15) is 15.1 Å². The number of aromatic amines is 1. The summed E-state index contributed by atoms with van der Waals surface area (Å²) in [5.41, 5.74) is 5.71. The summed E-state index contributed by atoms with van der Waals surface area (Å²) in [6.45, 7) is 4.56. The molecule has 7 nitrogen and oxygen atoms in total. The highest BCUT2D eigenvalue weighted by Gasteiger charge is 2.35. The zero-order valence-corrected chi connectivity index (χ0v) is 11.8. The zero-order valence-electron chi connectivity index (χ0n) is 11.8. The van der Waals surface area contributed by atoms with Crippen LogP contribution in [0.1, 0.15) is 33.1 Å². The first-order valence-electron chi connectivity index (χ1n) is 6.96. The molecule has 0 amide bonds. The first kappa shape index (κ1) is 13.1. The number of anilines is 2. The molecule has 2 unspecified atom stereocenters. The van der Waals surface area contributed by atoms with E-state index in [0.717, 1.165) is 30.5 Å². The van der Waals surface area contributed by atoms with Gasteiger partial charge in [0.2, 0.25) is 5.95 Å². The molecule has 1 aliphatic heterocycles. The van der Waals surface area contributed by atoms with Gasteiger partial charge in [-0.05, 0) is 26.2 Å². The number of aromatic nitrogens is 4. The molecule has 0 saturated carbocycles. The number of fused-ring (bicyclic) bond motifs is 1. The van der Waals surface area contributed by atoms with Gasteiger partial charge in [0.05, 0.1) is 17.2 Å². The molecule has 4 N–H and O–H groups in total. The Labute approximate surface area is 117 Å². The first-order valence-corrected chi connectivity index (χ1v) is 6.96. The van der Waals surface area contributed by atoms with Gasteiger partial charge in [-0.3, -0.25) is 5.10 Å². The Morgan fingerprint density at radius 3 is 3.10 bits per heavy atom. The highest BCUT2D eigenvalue weighted by Crippen LogP contribution is 2.33. The second-order valence-corrected chi connectivity index (χ2v) is 5.76. The van der Waals surface area contributed by atoms with Crippen molar-refractivity contribution in [2.75, 3.05) is 17.2 Å². The molecule has 20 heavy (non-hydrogen) atoms. The molecule has 1 aliphatic rings. The number of rotatable bonds is 2. The Bertz CT molecular complexity index is 622. The van der Waals surface area contributed by atoms with Crippen LogP contribution in [-0.4, -0.2) is 43.5 Å². The average Bonchev–Trinajstić information content (AvgIpc) is 2.84. The fraction of sp³-hybridized carbons (Fsp3) is 0.615. The molecule has 3 heterocycles. The summed E-state index contributed by atoms with van der Waals surface area (Å²) >= 11 is 0. The van der Waals surface area contributed by atoms with E-state index in [2.05, 4.69) is 32.0 Å². The largest absolute Gasteiger partial charge is 0.388 e. The molecule has 1 fully saturated rings. The minimum absolute atomic E-state index is 0.219. The Morgan fingerprint density at radius 2 is 2.35 bits per heavy atom. The van der Waals surface area contributed by atoms with Crippen LogP contribution in [0.25, 0.3) is 11.0 Å². The maximum absolute atomic E-state index is 10.4. The molecular formula is C13H20N6O. The highest BCUT2D eigenvalue weighted by molar-refractivity contribution is 5.87. The third-order valence-corrected chi connectivity index (χ3v) is 4.02. The Balaban J connectivity index is 2.09. The third-order valence-electron chi connectivity index (χ3n) is 4.02. The van der Waals surface area contributed by atoms with Crippen molar-refractivity contribution in [3.63, 3.8) is 0 Å². The summed E-state index contributed by atoms with van der Waals surface area (Å²) < 4.78 is 0. The van der Waals surface area contributed by atoms with E-state index in [9.17, 15) is 5.11 Å². The average molecular weight is 276 g/mol. The molecule has 1 saturated heterocycles. The maximum Gasteiger partial charge on any atom is 0.224 e. The smallest absolute Gasteiger partial charge is 0.224 e. The number of hydrogen-bond donors (Lipinski definition) is 3.